The highest BCUT2D eigenvalue weighted by Crippen LogP contribution is 2.29. The maximum Gasteiger partial charge on any atom is 0.0698 e. The van der Waals surface area contributed by atoms with Gasteiger partial charge in [0.2, 0.25) is 0 Å². The lowest BCUT2D eigenvalue weighted by molar-refractivity contribution is 0.0938. The molecule has 1 aromatic heterocycles. The van der Waals surface area contributed by atoms with Crippen molar-refractivity contribution in [2.45, 2.75) is 32.7 Å². The van der Waals surface area contributed by atoms with Gasteiger partial charge >= 0.3 is 0 Å². The molecule has 98 valence electrons. The molecule has 2 N–H and O–H groups in total. The summed E-state index contributed by atoms with van der Waals surface area (Å²) in [6.45, 7) is 9.59. The predicted molar refractivity (Wildman–Crippen MR) is 72.6 cm³/mol. The van der Waals surface area contributed by atoms with Gasteiger partial charge in [0.1, 0.15) is 0 Å². The lowest BCUT2D eigenvalue weighted by Crippen LogP contribution is -2.19. The molecule has 0 aliphatic rings. The van der Waals surface area contributed by atoms with Crippen LogP contribution < -0.4 is 5.32 Å². The van der Waals surface area contributed by atoms with Crippen LogP contribution in [0.3, 0.4) is 0 Å². The van der Waals surface area contributed by atoms with E-state index in [4.69, 9.17) is 9.84 Å². The van der Waals surface area contributed by atoms with E-state index in [1.165, 1.54) is 9.75 Å². The topological polar surface area (TPSA) is 41.5 Å². The Kier molecular flexibility index (Phi) is 6.12. The third-order valence-electron chi connectivity index (χ3n) is 2.36. The maximum atomic E-state index is 8.54. The largest absolute Gasteiger partial charge is 0.394 e. The molecule has 0 unspecified atom stereocenters. The number of rotatable bonds is 7. The molecule has 0 radical (unpaired) electrons. The van der Waals surface area contributed by atoms with Gasteiger partial charge in [0.15, 0.2) is 0 Å². The second kappa shape index (κ2) is 7.11. The van der Waals surface area contributed by atoms with E-state index in [1.54, 1.807) is 0 Å². The zero-order chi connectivity index (χ0) is 12.7. The summed E-state index contributed by atoms with van der Waals surface area (Å²) in [6, 6.07) is 4.40. The van der Waals surface area contributed by atoms with Gasteiger partial charge in [-0.2, -0.15) is 0 Å². The average molecular weight is 257 g/mol. The highest BCUT2D eigenvalue weighted by Gasteiger charge is 2.15. The summed E-state index contributed by atoms with van der Waals surface area (Å²) >= 11 is 1.86. The molecule has 1 aromatic rings. The first-order valence-electron chi connectivity index (χ1n) is 6.02. The first-order chi connectivity index (χ1) is 8.04. The van der Waals surface area contributed by atoms with Crippen LogP contribution in [0.1, 0.15) is 30.5 Å². The van der Waals surface area contributed by atoms with Crippen LogP contribution in [0, 0.1) is 0 Å². The summed E-state index contributed by atoms with van der Waals surface area (Å²) in [4.78, 5) is 2.78. The second-order valence-electron chi connectivity index (χ2n) is 5.03. The molecule has 0 amide bonds. The molecule has 17 heavy (non-hydrogen) atoms. The van der Waals surface area contributed by atoms with Crippen molar-refractivity contribution in [2.75, 3.05) is 26.4 Å². The molecule has 0 saturated heterocycles. The number of ether oxygens (including phenoxy) is 1. The fraction of sp³-hybridized carbons (Fsp3) is 0.692. The molecule has 0 aromatic carbocycles. The van der Waals surface area contributed by atoms with Crippen LogP contribution in [-0.2, 0) is 16.7 Å². The van der Waals surface area contributed by atoms with E-state index in [1.807, 2.05) is 11.3 Å². The minimum absolute atomic E-state index is 0.0971. The SMILES string of the molecule is CC(C)(C)c1ccc(CNCCOCCO)s1. The Labute approximate surface area is 108 Å². The zero-order valence-corrected chi connectivity index (χ0v) is 11.8. The van der Waals surface area contributed by atoms with E-state index < -0.39 is 0 Å². The van der Waals surface area contributed by atoms with E-state index in [9.17, 15) is 0 Å². The summed E-state index contributed by atoms with van der Waals surface area (Å²) in [5.41, 5.74) is 0.243. The van der Waals surface area contributed by atoms with Gasteiger partial charge in [-0.05, 0) is 17.5 Å². The van der Waals surface area contributed by atoms with E-state index in [0.29, 0.717) is 13.2 Å². The summed E-state index contributed by atoms with van der Waals surface area (Å²) in [7, 11) is 0. The molecular weight excluding hydrogens is 234 g/mol. The first kappa shape index (κ1) is 14.6. The lowest BCUT2D eigenvalue weighted by Gasteiger charge is -2.15. The van der Waals surface area contributed by atoms with Crippen molar-refractivity contribution in [3.63, 3.8) is 0 Å². The Bertz CT molecular complexity index is 317. The fourth-order valence-electron chi connectivity index (χ4n) is 1.40. The average Bonchev–Trinajstić information content (AvgIpc) is 2.71. The molecule has 0 aliphatic heterocycles. The lowest BCUT2D eigenvalue weighted by atomic mass is 9.95. The maximum absolute atomic E-state index is 8.54. The van der Waals surface area contributed by atoms with Crippen LogP contribution in [0.4, 0.5) is 0 Å². The number of thiophene rings is 1. The molecule has 0 saturated carbocycles. The summed E-state index contributed by atoms with van der Waals surface area (Å²) in [5.74, 6) is 0. The van der Waals surface area contributed by atoms with Crippen LogP contribution in [-0.4, -0.2) is 31.5 Å². The molecule has 0 fully saturated rings. The highest BCUT2D eigenvalue weighted by atomic mass is 32.1. The molecule has 0 atom stereocenters. The molecule has 0 spiro atoms. The van der Waals surface area contributed by atoms with Gasteiger partial charge in [-0.15, -0.1) is 11.3 Å². The molecular formula is C13H23NO2S. The van der Waals surface area contributed by atoms with Crippen LogP contribution in [0.15, 0.2) is 12.1 Å². The van der Waals surface area contributed by atoms with Crippen molar-refractivity contribution in [3.8, 4) is 0 Å². The van der Waals surface area contributed by atoms with Gasteiger partial charge in [0, 0.05) is 22.8 Å². The summed E-state index contributed by atoms with van der Waals surface area (Å²) in [5, 5.41) is 11.9. The molecule has 0 aliphatic carbocycles. The minimum atomic E-state index is 0.0971. The Morgan fingerprint density at radius 2 is 2.06 bits per heavy atom. The van der Waals surface area contributed by atoms with E-state index in [-0.39, 0.29) is 12.0 Å². The fourth-order valence-corrected chi connectivity index (χ4v) is 2.43. The number of aliphatic hydroxyl groups excluding tert-OH is 1. The van der Waals surface area contributed by atoms with Gasteiger partial charge in [0.05, 0.1) is 19.8 Å². The van der Waals surface area contributed by atoms with Gasteiger partial charge < -0.3 is 15.2 Å². The summed E-state index contributed by atoms with van der Waals surface area (Å²) in [6.07, 6.45) is 0. The van der Waals surface area contributed by atoms with Crippen molar-refractivity contribution in [1.29, 1.82) is 0 Å². The third-order valence-corrected chi connectivity index (χ3v) is 3.87. The number of hydrogen-bond donors (Lipinski definition) is 2. The van der Waals surface area contributed by atoms with Crippen LogP contribution in [0.2, 0.25) is 0 Å². The number of nitrogens with one attached hydrogen (secondary N) is 1. The Morgan fingerprint density at radius 3 is 2.65 bits per heavy atom. The minimum Gasteiger partial charge on any atom is -0.394 e. The number of hydrogen-bond acceptors (Lipinski definition) is 4. The molecule has 4 heteroatoms. The zero-order valence-electron chi connectivity index (χ0n) is 11.0. The Morgan fingerprint density at radius 1 is 1.29 bits per heavy atom. The van der Waals surface area contributed by atoms with Gasteiger partial charge in [-0.3, -0.25) is 0 Å². The normalized spacial score (nSPS) is 12.0. The van der Waals surface area contributed by atoms with Crippen molar-refractivity contribution in [2.24, 2.45) is 0 Å². The number of aliphatic hydroxyl groups is 1. The molecule has 0 bridgehead atoms. The van der Waals surface area contributed by atoms with Gasteiger partial charge in [-0.1, -0.05) is 20.8 Å². The predicted octanol–water partition coefficient (Wildman–Crippen LogP) is 2.14. The van der Waals surface area contributed by atoms with Crippen molar-refractivity contribution >= 4 is 11.3 Å². The Hall–Kier alpha value is -0.420. The van der Waals surface area contributed by atoms with Crippen LogP contribution in [0.5, 0.6) is 0 Å². The van der Waals surface area contributed by atoms with Gasteiger partial charge in [-0.25, -0.2) is 0 Å². The van der Waals surface area contributed by atoms with Crippen molar-refractivity contribution in [1.82, 2.24) is 5.32 Å². The van der Waals surface area contributed by atoms with Crippen LogP contribution >= 0.6 is 11.3 Å². The van der Waals surface area contributed by atoms with Gasteiger partial charge in [0.25, 0.3) is 0 Å². The summed E-state index contributed by atoms with van der Waals surface area (Å²) < 4.78 is 5.17. The highest BCUT2D eigenvalue weighted by molar-refractivity contribution is 7.12. The Balaban J connectivity index is 2.21. The molecule has 1 heterocycles. The van der Waals surface area contributed by atoms with E-state index in [2.05, 4.69) is 38.2 Å². The smallest absolute Gasteiger partial charge is 0.0698 e. The monoisotopic (exact) mass is 257 g/mol. The quantitative estimate of drug-likeness (QED) is 0.735. The van der Waals surface area contributed by atoms with E-state index in [0.717, 1.165) is 13.1 Å². The second-order valence-corrected chi connectivity index (χ2v) is 6.20. The third kappa shape index (κ3) is 5.64. The molecule has 1 rings (SSSR count). The van der Waals surface area contributed by atoms with Crippen molar-refractivity contribution in [3.05, 3.63) is 21.9 Å². The first-order valence-corrected chi connectivity index (χ1v) is 6.84. The van der Waals surface area contributed by atoms with Crippen LogP contribution in [0.25, 0.3) is 0 Å². The molecule has 3 nitrogen and oxygen atoms in total. The standard InChI is InChI=1S/C13H23NO2S/c1-13(2,3)12-5-4-11(17-12)10-14-6-8-16-9-7-15/h4-5,14-15H,6-10H2,1-3H3. The van der Waals surface area contributed by atoms with E-state index >= 15 is 0 Å². The van der Waals surface area contributed by atoms with Crippen molar-refractivity contribution < 1.29 is 9.84 Å².